The van der Waals surface area contributed by atoms with Crippen LogP contribution in [0.1, 0.15) is 36.2 Å². The summed E-state index contributed by atoms with van der Waals surface area (Å²) in [6.45, 7) is 0. The van der Waals surface area contributed by atoms with Crippen LogP contribution in [0.3, 0.4) is 0 Å². The van der Waals surface area contributed by atoms with Crippen molar-refractivity contribution < 1.29 is 9.53 Å². The van der Waals surface area contributed by atoms with Gasteiger partial charge in [-0.1, -0.05) is 0 Å². The first-order valence-electron chi connectivity index (χ1n) is 6.93. The average Bonchev–Trinajstić information content (AvgIpc) is 3.05. The maximum Gasteiger partial charge on any atom is 0.270 e. The van der Waals surface area contributed by atoms with E-state index < -0.39 is 0 Å². The second kappa shape index (κ2) is 6.62. The number of aromatic nitrogens is 3. The number of rotatable bonds is 4. The van der Waals surface area contributed by atoms with Gasteiger partial charge in [0.25, 0.3) is 5.91 Å². The fourth-order valence-electron chi connectivity index (χ4n) is 2.43. The predicted molar refractivity (Wildman–Crippen MR) is 78.3 cm³/mol. The standard InChI is InChI=1S/C14H16N4O2S/c19-14(12-8-21-9-17-12)18-10-1-3-11(4-2-10)20-13-7-15-5-6-16-13/h5-11H,1-4H2,(H,18,19). The Hall–Kier alpha value is -2.02. The molecule has 0 spiro atoms. The van der Waals surface area contributed by atoms with Crippen LogP contribution in [0.5, 0.6) is 5.88 Å². The fraction of sp³-hybridized carbons (Fsp3) is 0.429. The van der Waals surface area contributed by atoms with Crippen LogP contribution in [0, 0.1) is 0 Å². The smallest absolute Gasteiger partial charge is 0.270 e. The Morgan fingerprint density at radius 2 is 2.10 bits per heavy atom. The van der Waals surface area contributed by atoms with Gasteiger partial charge in [-0.05, 0) is 25.7 Å². The van der Waals surface area contributed by atoms with Crippen LogP contribution < -0.4 is 10.1 Å². The first kappa shape index (κ1) is 13.9. The van der Waals surface area contributed by atoms with Crippen LogP contribution in [-0.2, 0) is 0 Å². The lowest BCUT2D eigenvalue weighted by molar-refractivity contribution is 0.0885. The zero-order valence-electron chi connectivity index (χ0n) is 11.4. The molecule has 2 aromatic heterocycles. The quantitative estimate of drug-likeness (QED) is 0.935. The summed E-state index contributed by atoms with van der Waals surface area (Å²) in [7, 11) is 0. The topological polar surface area (TPSA) is 77.0 Å². The number of hydrogen-bond acceptors (Lipinski definition) is 6. The normalized spacial score (nSPS) is 21.7. The highest BCUT2D eigenvalue weighted by Gasteiger charge is 2.24. The van der Waals surface area contributed by atoms with E-state index in [1.165, 1.54) is 11.3 Å². The van der Waals surface area contributed by atoms with Crippen LogP contribution in [0.2, 0.25) is 0 Å². The fourth-order valence-corrected chi connectivity index (χ4v) is 2.96. The molecule has 0 radical (unpaired) electrons. The number of nitrogens with zero attached hydrogens (tertiary/aromatic N) is 3. The molecule has 0 aromatic carbocycles. The summed E-state index contributed by atoms with van der Waals surface area (Å²) in [5.41, 5.74) is 2.17. The van der Waals surface area contributed by atoms with Gasteiger partial charge in [0, 0.05) is 23.8 Å². The van der Waals surface area contributed by atoms with Crippen molar-refractivity contribution in [3.05, 3.63) is 35.2 Å². The molecule has 0 aliphatic heterocycles. The van der Waals surface area contributed by atoms with Crippen LogP contribution >= 0.6 is 11.3 Å². The summed E-state index contributed by atoms with van der Waals surface area (Å²) in [6.07, 6.45) is 8.62. The molecule has 1 N–H and O–H groups in total. The van der Waals surface area contributed by atoms with Gasteiger partial charge in [0.05, 0.1) is 11.7 Å². The molecular weight excluding hydrogens is 288 g/mol. The Kier molecular flexibility index (Phi) is 4.40. The summed E-state index contributed by atoms with van der Waals surface area (Å²) in [4.78, 5) is 24.0. The Morgan fingerprint density at radius 1 is 1.24 bits per heavy atom. The minimum Gasteiger partial charge on any atom is -0.473 e. The number of amides is 1. The van der Waals surface area contributed by atoms with Crippen molar-refractivity contribution in [1.82, 2.24) is 20.3 Å². The van der Waals surface area contributed by atoms with Gasteiger partial charge in [0.15, 0.2) is 0 Å². The maximum atomic E-state index is 11.9. The van der Waals surface area contributed by atoms with Gasteiger partial charge in [-0.2, -0.15) is 0 Å². The molecule has 0 saturated heterocycles. The lowest BCUT2D eigenvalue weighted by Gasteiger charge is -2.28. The van der Waals surface area contributed by atoms with E-state index >= 15 is 0 Å². The molecule has 7 heteroatoms. The molecule has 6 nitrogen and oxygen atoms in total. The highest BCUT2D eigenvalue weighted by Crippen LogP contribution is 2.22. The Balaban J connectivity index is 1.46. The van der Waals surface area contributed by atoms with Crippen molar-refractivity contribution >= 4 is 17.2 Å². The van der Waals surface area contributed by atoms with Crippen molar-refractivity contribution in [3.63, 3.8) is 0 Å². The number of ether oxygens (including phenoxy) is 1. The van der Waals surface area contributed by atoms with Gasteiger partial charge >= 0.3 is 0 Å². The lowest BCUT2D eigenvalue weighted by atomic mass is 9.93. The van der Waals surface area contributed by atoms with E-state index in [-0.39, 0.29) is 18.1 Å². The van der Waals surface area contributed by atoms with E-state index in [9.17, 15) is 4.79 Å². The Morgan fingerprint density at radius 3 is 2.76 bits per heavy atom. The van der Waals surface area contributed by atoms with Crippen molar-refractivity contribution in [2.24, 2.45) is 0 Å². The molecule has 3 rings (SSSR count). The monoisotopic (exact) mass is 304 g/mol. The summed E-state index contributed by atoms with van der Waals surface area (Å²) < 4.78 is 5.78. The predicted octanol–water partition coefficient (Wildman–Crippen LogP) is 2.05. The molecule has 1 amide bonds. The average molecular weight is 304 g/mol. The van der Waals surface area contributed by atoms with Gasteiger partial charge in [-0.25, -0.2) is 9.97 Å². The van der Waals surface area contributed by atoms with Crippen LogP contribution in [0.4, 0.5) is 0 Å². The largest absolute Gasteiger partial charge is 0.473 e. The molecule has 0 bridgehead atoms. The molecule has 2 aromatic rings. The lowest BCUT2D eigenvalue weighted by Crippen LogP contribution is -2.39. The Labute approximate surface area is 126 Å². The van der Waals surface area contributed by atoms with E-state index in [0.29, 0.717) is 11.6 Å². The van der Waals surface area contributed by atoms with Crippen molar-refractivity contribution in [3.8, 4) is 5.88 Å². The summed E-state index contributed by atoms with van der Waals surface area (Å²) in [5.74, 6) is 0.474. The van der Waals surface area contributed by atoms with Gasteiger partial charge < -0.3 is 10.1 Å². The van der Waals surface area contributed by atoms with Crippen molar-refractivity contribution in [2.45, 2.75) is 37.8 Å². The molecule has 0 unspecified atom stereocenters. The SMILES string of the molecule is O=C(NC1CCC(Oc2cnccn2)CC1)c1cscn1. The first-order chi connectivity index (χ1) is 10.3. The van der Waals surface area contributed by atoms with Crippen LogP contribution in [0.25, 0.3) is 0 Å². The van der Waals surface area contributed by atoms with Crippen LogP contribution in [-0.4, -0.2) is 33.0 Å². The number of thiazole rings is 1. The van der Waals surface area contributed by atoms with E-state index in [1.807, 2.05) is 0 Å². The van der Waals surface area contributed by atoms with Crippen LogP contribution in [0.15, 0.2) is 29.5 Å². The third kappa shape index (κ3) is 3.75. The molecule has 1 saturated carbocycles. The summed E-state index contributed by atoms with van der Waals surface area (Å²) in [5, 5.41) is 4.79. The zero-order valence-corrected chi connectivity index (χ0v) is 12.3. The second-order valence-corrected chi connectivity index (χ2v) is 5.70. The number of nitrogens with one attached hydrogen (secondary N) is 1. The molecule has 2 heterocycles. The molecule has 21 heavy (non-hydrogen) atoms. The molecule has 1 aliphatic carbocycles. The third-order valence-corrected chi connectivity index (χ3v) is 4.09. The summed E-state index contributed by atoms with van der Waals surface area (Å²) >= 11 is 1.43. The van der Waals surface area contributed by atoms with Crippen molar-refractivity contribution in [2.75, 3.05) is 0 Å². The minimum absolute atomic E-state index is 0.0884. The van der Waals surface area contributed by atoms with Gasteiger partial charge in [-0.3, -0.25) is 9.78 Å². The highest BCUT2D eigenvalue weighted by atomic mass is 32.1. The highest BCUT2D eigenvalue weighted by molar-refractivity contribution is 7.07. The van der Waals surface area contributed by atoms with E-state index in [0.717, 1.165) is 25.7 Å². The van der Waals surface area contributed by atoms with E-state index in [1.54, 1.807) is 29.5 Å². The minimum atomic E-state index is -0.0884. The molecule has 1 fully saturated rings. The maximum absolute atomic E-state index is 11.9. The van der Waals surface area contributed by atoms with Gasteiger partial charge in [0.1, 0.15) is 11.8 Å². The van der Waals surface area contributed by atoms with Gasteiger partial charge in [-0.15, -0.1) is 11.3 Å². The second-order valence-electron chi connectivity index (χ2n) is 4.98. The number of hydrogen-bond donors (Lipinski definition) is 1. The van der Waals surface area contributed by atoms with E-state index in [4.69, 9.17) is 4.74 Å². The number of carbonyl (C=O) groups is 1. The molecule has 110 valence electrons. The summed E-state index contributed by atoms with van der Waals surface area (Å²) in [6, 6.07) is 0.195. The zero-order chi connectivity index (χ0) is 14.5. The van der Waals surface area contributed by atoms with Crippen molar-refractivity contribution in [1.29, 1.82) is 0 Å². The molecule has 0 atom stereocenters. The number of carbonyl (C=O) groups excluding carboxylic acids is 1. The third-order valence-electron chi connectivity index (χ3n) is 3.50. The molecular formula is C14H16N4O2S. The first-order valence-corrected chi connectivity index (χ1v) is 7.87. The van der Waals surface area contributed by atoms with Gasteiger partial charge in [0.2, 0.25) is 5.88 Å². The van der Waals surface area contributed by atoms with E-state index in [2.05, 4.69) is 20.3 Å². The molecule has 1 aliphatic rings. The Bertz CT molecular complexity index is 568.